The van der Waals surface area contributed by atoms with Crippen LogP contribution in [0.15, 0.2) is 12.3 Å². The Balaban J connectivity index is 2.69. The summed E-state index contributed by atoms with van der Waals surface area (Å²) in [7, 11) is 0. The van der Waals surface area contributed by atoms with Gasteiger partial charge in [0, 0.05) is 6.20 Å². The van der Waals surface area contributed by atoms with E-state index in [2.05, 4.69) is 4.98 Å². The Hall–Kier alpha value is -1.09. The van der Waals surface area contributed by atoms with Gasteiger partial charge in [-0.15, -0.1) is 0 Å². The van der Waals surface area contributed by atoms with Crippen molar-refractivity contribution in [2.24, 2.45) is 5.73 Å². The largest absolute Gasteiger partial charge is 0.397 e. The highest BCUT2D eigenvalue weighted by Gasteiger charge is 1.97. The summed E-state index contributed by atoms with van der Waals surface area (Å²) in [6.07, 6.45) is 3.82. The van der Waals surface area contributed by atoms with Gasteiger partial charge in [-0.2, -0.15) is 0 Å². The number of nitrogens with two attached hydrogens (primary N) is 2. The quantitative estimate of drug-likeness (QED) is 0.698. The Bertz CT molecular complexity index is 258. The zero-order valence-corrected chi connectivity index (χ0v) is 7.38. The van der Waals surface area contributed by atoms with E-state index < -0.39 is 0 Å². The number of anilines is 1. The first-order valence-electron chi connectivity index (χ1n) is 4.15. The minimum Gasteiger partial charge on any atom is -0.397 e. The molecule has 0 radical (unpaired) electrons. The fraction of sp³-hybridized carbons (Fsp3) is 0.444. The van der Waals surface area contributed by atoms with E-state index in [1.807, 2.05) is 19.2 Å². The Labute approximate surface area is 72.8 Å². The van der Waals surface area contributed by atoms with Crippen LogP contribution in [0.5, 0.6) is 0 Å². The van der Waals surface area contributed by atoms with E-state index in [9.17, 15) is 0 Å². The van der Waals surface area contributed by atoms with Crippen LogP contribution in [0.4, 0.5) is 5.69 Å². The molecule has 3 heteroatoms. The molecule has 0 aliphatic rings. The molecule has 1 heterocycles. The summed E-state index contributed by atoms with van der Waals surface area (Å²) in [5.41, 5.74) is 13.9. The summed E-state index contributed by atoms with van der Waals surface area (Å²) in [6.45, 7) is 2.62. The number of aryl methyl sites for hydroxylation is 2. The molecule has 0 aliphatic heterocycles. The van der Waals surface area contributed by atoms with Crippen molar-refractivity contribution >= 4 is 5.69 Å². The van der Waals surface area contributed by atoms with Crippen molar-refractivity contribution in [3.63, 3.8) is 0 Å². The number of nitrogens with zero attached hydrogens (tertiary/aromatic N) is 1. The van der Waals surface area contributed by atoms with Crippen molar-refractivity contribution < 1.29 is 0 Å². The first-order chi connectivity index (χ1) is 5.74. The smallest absolute Gasteiger partial charge is 0.0601 e. The molecule has 12 heavy (non-hydrogen) atoms. The van der Waals surface area contributed by atoms with Crippen molar-refractivity contribution in [1.29, 1.82) is 0 Å². The highest BCUT2D eigenvalue weighted by molar-refractivity contribution is 5.43. The number of hydrogen-bond donors (Lipinski definition) is 2. The van der Waals surface area contributed by atoms with Crippen LogP contribution in [-0.4, -0.2) is 11.5 Å². The molecule has 1 rings (SSSR count). The zero-order chi connectivity index (χ0) is 8.97. The van der Waals surface area contributed by atoms with Gasteiger partial charge in [-0.25, -0.2) is 0 Å². The van der Waals surface area contributed by atoms with E-state index in [1.165, 1.54) is 5.56 Å². The van der Waals surface area contributed by atoms with Crippen LogP contribution in [0.2, 0.25) is 0 Å². The van der Waals surface area contributed by atoms with Crippen LogP contribution in [-0.2, 0) is 6.42 Å². The molecule has 4 N–H and O–H groups in total. The van der Waals surface area contributed by atoms with Crippen LogP contribution >= 0.6 is 0 Å². The first-order valence-corrected chi connectivity index (χ1v) is 4.15. The predicted molar refractivity (Wildman–Crippen MR) is 50.8 cm³/mol. The van der Waals surface area contributed by atoms with Gasteiger partial charge in [-0.1, -0.05) is 0 Å². The molecule has 0 atom stereocenters. The molecular weight excluding hydrogens is 150 g/mol. The predicted octanol–water partition coefficient (Wildman–Crippen LogP) is 0.864. The average molecular weight is 165 g/mol. The van der Waals surface area contributed by atoms with Crippen molar-refractivity contribution in [1.82, 2.24) is 4.98 Å². The van der Waals surface area contributed by atoms with Gasteiger partial charge in [0.1, 0.15) is 0 Å². The molecule has 0 amide bonds. The van der Waals surface area contributed by atoms with Gasteiger partial charge in [0.05, 0.1) is 11.4 Å². The maximum Gasteiger partial charge on any atom is 0.0601 e. The van der Waals surface area contributed by atoms with Crippen molar-refractivity contribution in [3.8, 4) is 0 Å². The maximum atomic E-state index is 5.70. The van der Waals surface area contributed by atoms with E-state index in [0.717, 1.165) is 24.2 Å². The zero-order valence-electron chi connectivity index (χ0n) is 7.38. The van der Waals surface area contributed by atoms with Gasteiger partial charge >= 0.3 is 0 Å². The number of nitrogen functional groups attached to an aromatic ring is 1. The summed E-state index contributed by atoms with van der Waals surface area (Å²) in [4.78, 5) is 4.17. The molecule has 66 valence electrons. The molecule has 0 unspecified atom stereocenters. The summed E-state index contributed by atoms with van der Waals surface area (Å²) in [6, 6.07) is 1.97. The average Bonchev–Trinajstić information content (AvgIpc) is 2.07. The lowest BCUT2D eigenvalue weighted by molar-refractivity contribution is 0.828. The molecular formula is C9H15N3. The van der Waals surface area contributed by atoms with Crippen LogP contribution in [0.3, 0.4) is 0 Å². The summed E-state index contributed by atoms with van der Waals surface area (Å²) in [5, 5.41) is 0. The highest BCUT2D eigenvalue weighted by Crippen LogP contribution is 2.10. The molecule has 1 aromatic rings. The molecule has 0 bridgehead atoms. The van der Waals surface area contributed by atoms with Crippen LogP contribution in [0, 0.1) is 6.92 Å². The molecule has 0 aliphatic carbocycles. The minimum atomic E-state index is 0.716. The highest BCUT2D eigenvalue weighted by atomic mass is 14.7. The summed E-state index contributed by atoms with van der Waals surface area (Å²) < 4.78 is 0. The number of pyridine rings is 1. The SMILES string of the molecule is Cc1ncc(CCCN)cc1N. The minimum absolute atomic E-state index is 0.716. The third-order valence-electron chi connectivity index (χ3n) is 1.85. The van der Waals surface area contributed by atoms with Gasteiger partial charge < -0.3 is 11.5 Å². The van der Waals surface area contributed by atoms with Crippen LogP contribution in [0.1, 0.15) is 17.7 Å². The fourth-order valence-corrected chi connectivity index (χ4v) is 1.04. The van der Waals surface area contributed by atoms with Gasteiger partial charge in [0.15, 0.2) is 0 Å². The van der Waals surface area contributed by atoms with E-state index >= 15 is 0 Å². The Morgan fingerprint density at radius 1 is 1.50 bits per heavy atom. The third kappa shape index (κ3) is 2.20. The monoisotopic (exact) mass is 165 g/mol. The van der Waals surface area contributed by atoms with Gasteiger partial charge in [-0.3, -0.25) is 4.98 Å². The lowest BCUT2D eigenvalue weighted by Crippen LogP contribution is -2.01. The van der Waals surface area contributed by atoms with E-state index in [0.29, 0.717) is 6.54 Å². The summed E-state index contributed by atoms with van der Waals surface area (Å²) >= 11 is 0. The molecule has 0 aromatic carbocycles. The summed E-state index contributed by atoms with van der Waals surface area (Å²) in [5.74, 6) is 0. The standard InChI is InChI=1S/C9H15N3/c1-7-9(11)5-8(6-12-7)3-2-4-10/h5-6H,2-4,10-11H2,1H3. The molecule has 0 spiro atoms. The maximum absolute atomic E-state index is 5.70. The molecule has 0 fully saturated rings. The second kappa shape index (κ2) is 4.07. The molecule has 0 saturated heterocycles. The Kier molecular flexibility index (Phi) is 3.05. The van der Waals surface area contributed by atoms with Crippen LogP contribution in [0.25, 0.3) is 0 Å². The molecule has 3 nitrogen and oxygen atoms in total. The Morgan fingerprint density at radius 3 is 2.83 bits per heavy atom. The number of aromatic nitrogens is 1. The van der Waals surface area contributed by atoms with E-state index in [4.69, 9.17) is 11.5 Å². The second-order valence-electron chi connectivity index (χ2n) is 2.91. The second-order valence-corrected chi connectivity index (χ2v) is 2.91. The van der Waals surface area contributed by atoms with Gasteiger partial charge in [0.25, 0.3) is 0 Å². The number of hydrogen-bond acceptors (Lipinski definition) is 3. The van der Waals surface area contributed by atoms with Gasteiger partial charge in [-0.05, 0) is 37.9 Å². The normalized spacial score (nSPS) is 10.2. The molecule has 0 saturated carbocycles. The van der Waals surface area contributed by atoms with E-state index in [-0.39, 0.29) is 0 Å². The van der Waals surface area contributed by atoms with E-state index in [1.54, 1.807) is 0 Å². The number of rotatable bonds is 3. The topological polar surface area (TPSA) is 64.9 Å². The third-order valence-corrected chi connectivity index (χ3v) is 1.85. The van der Waals surface area contributed by atoms with Crippen molar-refractivity contribution in [2.45, 2.75) is 19.8 Å². The molecule has 1 aromatic heterocycles. The van der Waals surface area contributed by atoms with Crippen LogP contribution < -0.4 is 11.5 Å². The van der Waals surface area contributed by atoms with Gasteiger partial charge in [0.2, 0.25) is 0 Å². The van der Waals surface area contributed by atoms with Crippen molar-refractivity contribution in [2.75, 3.05) is 12.3 Å². The fourth-order valence-electron chi connectivity index (χ4n) is 1.04. The lowest BCUT2D eigenvalue weighted by Gasteiger charge is -2.02. The Morgan fingerprint density at radius 2 is 2.25 bits per heavy atom. The first kappa shape index (κ1) is 9.00. The lowest BCUT2D eigenvalue weighted by atomic mass is 10.1. The van der Waals surface area contributed by atoms with Crippen molar-refractivity contribution in [3.05, 3.63) is 23.5 Å².